The Morgan fingerprint density at radius 1 is 1.29 bits per heavy atom. The maximum Gasteiger partial charge on any atom is 0.232 e. The molecule has 0 aliphatic rings. The van der Waals surface area contributed by atoms with Crippen LogP contribution in [0.25, 0.3) is 0 Å². The van der Waals surface area contributed by atoms with E-state index in [1.807, 2.05) is 6.07 Å². The second-order valence-corrected chi connectivity index (χ2v) is 5.38. The van der Waals surface area contributed by atoms with E-state index in [0.29, 0.717) is 12.1 Å². The lowest BCUT2D eigenvalue weighted by atomic mass is 10.1. The van der Waals surface area contributed by atoms with E-state index >= 15 is 0 Å². The molecule has 0 aromatic heterocycles. The van der Waals surface area contributed by atoms with E-state index in [1.165, 1.54) is 0 Å². The number of sulfonamides is 1. The molecule has 0 heterocycles. The maximum atomic E-state index is 11.6. The number of rotatable bonds is 6. The fraction of sp³-hybridized carbons (Fsp3) is 0.300. The minimum absolute atomic E-state index is 0.200. The monoisotopic (exact) mass is 257 g/mol. The molecule has 6 nitrogen and oxygen atoms in total. The van der Waals surface area contributed by atoms with E-state index < -0.39 is 15.9 Å². The lowest BCUT2D eigenvalue weighted by Crippen LogP contribution is -2.34. The molecule has 1 aromatic rings. The molecule has 0 unspecified atom stereocenters. The van der Waals surface area contributed by atoms with Gasteiger partial charge in [0, 0.05) is 6.54 Å². The zero-order valence-electron chi connectivity index (χ0n) is 9.22. The number of primary amides is 1. The van der Waals surface area contributed by atoms with Crippen molar-refractivity contribution in [2.24, 2.45) is 11.5 Å². The minimum Gasteiger partial charge on any atom is -0.369 e. The summed E-state index contributed by atoms with van der Waals surface area (Å²) in [4.78, 5) is 10.5. The van der Waals surface area contributed by atoms with Crippen molar-refractivity contribution in [1.29, 1.82) is 0 Å². The molecule has 0 fully saturated rings. The second-order valence-electron chi connectivity index (χ2n) is 3.57. The van der Waals surface area contributed by atoms with Gasteiger partial charge in [-0.1, -0.05) is 24.3 Å². The molecule has 7 heteroatoms. The number of hydrogen-bond acceptors (Lipinski definition) is 4. The van der Waals surface area contributed by atoms with E-state index in [2.05, 4.69) is 4.72 Å². The summed E-state index contributed by atoms with van der Waals surface area (Å²) in [5.74, 6) is -0.919. The molecular formula is C10H15N3O3S. The Hall–Kier alpha value is -1.44. The van der Waals surface area contributed by atoms with Crippen molar-refractivity contribution < 1.29 is 13.2 Å². The Morgan fingerprint density at radius 3 is 2.53 bits per heavy atom. The van der Waals surface area contributed by atoms with Crippen LogP contribution in [0.3, 0.4) is 0 Å². The van der Waals surface area contributed by atoms with Gasteiger partial charge in [-0.2, -0.15) is 0 Å². The highest BCUT2D eigenvalue weighted by Gasteiger charge is 2.12. The standard InChI is InChI=1S/C10H15N3O3S/c11-5-8-2-1-3-9(4-8)7-17(15,16)13-6-10(12)14/h1-4,13H,5-7,11H2,(H2,12,14). The van der Waals surface area contributed by atoms with Crippen LogP contribution in [-0.4, -0.2) is 20.9 Å². The maximum absolute atomic E-state index is 11.6. The van der Waals surface area contributed by atoms with Gasteiger partial charge in [0.1, 0.15) is 0 Å². The molecule has 5 N–H and O–H groups in total. The number of nitrogens with one attached hydrogen (secondary N) is 1. The first kappa shape index (κ1) is 13.6. The smallest absolute Gasteiger partial charge is 0.232 e. The number of amides is 1. The third-order valence-corrected chi connectivity index (χ3v) is 3.35. The predicted octanol–water partition coefficient (Wildman–Crippen LogP) is -0.950. The fourth-order valence-corrected chi connectivity index (χ4v) is 2.38. The molecule has 0 saturated heterocycles. The van der Waals surface area contributed by atoms with Gasteiger partial charge in [-0.25, -0.2) is 13.1 Å². The Bertz CT molecular complexity index is 499. The van der Waals surface area contributed by atoms with Crippen LogP contribution >= 0.6 is 0 Å². The first-order valence-corrected chi connectivity index (χ1v) is 6.62. The van der Waals surface area contributed by atoms with Crippen molar-refractivity contribution in [2.75, 3.05) is 6.54 Å². The molecule has 17 heavy (non-hydrogen) atoms. The predicted molar refractivity (Wildman–Crippen MR) is 64.2 cm³/mol. The SMILES string of the molecule is NCc1cccc(CS(=O)(=O)NCC(N)=O)c1. The summed E-state index contributed by atoms with van der Waals surface area (Å²) in [5, 5.41) is 0. The molecule has 1 rings (SSSR count). The van der Waals surface area contributed by atoms with E-state index in [1.54, 1.807) is 18.2 Å². The Kier molecular flexibility index (Phi) is 4.62. The summed E-state index contributed by atoms with van der Waals surface area (Å²) in [7, 11) is -3.55. The minimum atomic E-state index is -3.55. The first-order valence-electron chi connectivity index (χ1n) is 4.96. The van der Waals surface area contributed by atoms with Crippen LogP contribution in [0.2, 0.25) is 0 Å². The number of hydrogen-bond donors (Lipinski definition) is 3. The summed E-state index contributed by atoms with van der Waals surface area (Å²) < 4.78 is 25.2. The Balaban J connectivity index is 2.72. The summed E-state index contributed by atoms with van der Waals surface area (Å²) in [6, 6.07) is 6.94. The van der Waals surface area contributed by atoms with Gasteiger partial charge in [0.15, 0.2) is 0 Å². The molecule has 1 aromatic carbocycles. The molecule has 0 bridgehead atoms. The van der Waals surface area contributed by atoms with Crippen LogP contribution in [-0.2, 0) is 27.1 Å². The molecular weight excluding hydrogens is 242 g/mol. The summed E-state index contributed by atoms with van der Waals surface area (Å²) >= 11 is 0. The van der Waals surface area contributed by atoms with Gasteiger partial charge in [0.2, 0.25) is 15.9 Å². The lowest BCUT2D eigenvalue weighted by molar-refractivity contribution is -0.116. The number of nitrogens with two attached hydrogens (primary N) is 2. The summed E-state index contributed by atoms with van der Waals surface area (Å²) in [6.07, 6.45) is 0. The van der Waals surface area contributed by atoms with Crippen LogP contribution in [0.4, 0.5) is 0 Å². The third-order valence-electron chi connectivity index (χ3n) is 2.05. The number of carbonyl (C=O) groups is 1. The molecule has 0 spiro atoms. The van der Waals surface area contributed by atoms with E-state index in [4.69, 9.17) is 11.5 Å². The van der Waals surface area contributed by atoms with Gasteiger partial charge in [-0.05, 0) is 11.1 Å². The van der Waals surface area contributed by atoms with Crippen molar-refractivity contribution in [3.05, 3.63) is 35.4 Å². The zero-order valence-corrected chi connectivity index (χ0v) is 10.0. The Labute approximate surface area is 100 Å². The van der Waals surface area contributed by atoms with Gasteiger partial charge >= 0.3 is 0 Å². The summed E-state index contributed by atoms with van der Waals surface area (Å²) in [6.45, 7) is -0.0402. The first-order chi connectivity index (χ1) is 7.93. The molecule has 0 aliphatic heterocycles. The van der Waals surface area contributed by atoms with Crippen LogP contribution in [0, 0.1) is 0 Å². The van der Waals surface area contributed by atoms with Crippen LogP contribution in [0.1, 0.15) is 11.1 Å². The van der Waals surface area contributed by atoms with Crippen LogP contribution < -0.4 is 16.2 Å². The van der Waals surface area contributed by atoms with Crippen LogP contribution in [0.5, 0.6) is 0 Å². The van der Waals surface area contributed by atoms with Gasteiger partial charge in [0.25, 0.3) is 0 Å². The van der Waals surface area contributed by atoms with Gasteiger partial charge < -0.3 is 11.5 Å². The van der Waals surface area contributed by atoms with E-state index in [-0.39, 0.29) is 12.3 Å². The van der Waals surface area contributed by atoms with Crippen molar-refractivity contribution in [2.45, 2.75) is 12.3 Å². The van der Waals surface area contributed by atoms with Gasteiger partial charge in [-0.15, -0.1) is 0 Å². The van der Waals surface area contributed by atoms with Crippen molar-refractivity contribution in [1.82, 2.24) is 4.72 Å². The Morgan fingerprint density at radius 2 is 1.94 bits per heavy atom. The lowest BCUT2D eigenvalue weighted by Gasteiger charge is -2.06. The quantitative estimate of drug-likeness (QED) is 0.609. The third kappa shape index (κ3) is 4.94. The average Bonchev–Trinajstić information content (AvgIpc) is 2.26. The molecule has 0 saturated carbocycles. The average molecular weight is 257 g/mol. The van der Waals surface area contributed by atoms with E-state index in [0.717, 1.165) is 5.56 Å². The number of carbonyl (C=O) groups excluding carboxylic acids is 1. The van der Waals surface area contributed by atoms with Crippen molar-refractivity contribution in [3.63, 3.8) is 0 Å². The molecule has 0 aliphatic carbocycles. The molecule has 0 atom stereocenters. The van der Waals surface area contributed by atoms with Gasteiger partial charge in [-0.3, -0.25) is 4.79 Å². The molecule has 0 radical (unpaired) electrons. The zero-order chi connectivity index (χ0) is 12.9. The van der Waals surface area contributed by atoms with Crippen LogP contribution in [0.15, 0.2) is 24.3 Å². The highest BCUT2D eigenvalue weighted by molar-refractivity contribution is 7.88. The molecule has 1 amide bonds. The van der Waals surface area contributed by atoms with Gasteiger partial charge in [0.05, 0.1) is 12.3 Å². The normalized spacial score (nSPS) is 11.4. The highest BCUT2D eigenvalue weighted by Crippen LogP contribution is 2.08. The topological polar surface area (TPSA) is 115 Å². The largest absolute Gasteiger partial charge is 0.369 e. The second kappa shape index (κ2) is 5.76. The summed E-state index contributed by atoms with van der Waals surface area (Å²) in [5.41, 5.74) is 11.8. The molecule has 94 valence electrons. The van der Waals surface area contributed by atoms with Crippen molar-refractivity contribution in [3.8, 4) is 0 Å². The number of benzene rings is 1. The highest BCUT2D eigenvalue weighted by atomic mass is 32.2. The van der Waals surface area contributed by atoms with Crippen molar-refractivity contribution >= 4 is 15.9 Å². The van der Waals surface area contributed by atoms with E-state index in [9.17, 15) is 13.2 Å². The fourth-order valence-electron chi connectivity index (χ4n) is 1.30.